The number of aromatic hydroxyl groups is 1. The third kappa shape index (κ3) is 2.02. The number of nitrogens with two attached hydrogens (primary N) is 1. The summed E-state index contributed by atoms with van der Waals surface area (Å²) < 4.78 is 0. The van der Waals surface area contributed by atoms with E-state index in [9.17, 15) is 9.90 Å². The van der Waals surface area contributed by atoms with E-state index < -0.39 is 0 Å². The predicted octanol–water partition coefficient (Wildman–Crippen LogP) is 1.96. The fourth-order valence-corrected chi connectivity index (χ4v) is 1.85. The fourth-order valence-electron chi connectivity index (χ4n) is 1.18. The molecule has 0 aliphatic carbocycles. The molecule has 4 nitrogen and oxygen atoms in total. The van der Waals surface area contributed by atoms with Crippen LogP contribution < -0.4 is 5.73 Å². The second kappa shape index (κ2) is 3.78. The number of rotatable bonds is 1. The van der Waals surface area contributed by atoms with E-state index in [-0.39, 0.29) is 16.8 Å². The lowest BCUT2D eigenvalue weighted by Crippen LogP contribution is -2.08. The fraction of sp³-hybridized carbons (Fsp3) is 0. The second-order valence-electron chi connectivity index (χ2n) is 2.93. The SMILES string of the molecule is NC1=NC(=O)SC1=Cc1ccccc1O. The summed E-state index contributed by atoms with van der Waals surface area (Å²) >= 11 is 0.960. The molecule has 5 heteroatoms. The highest BCUT2D eigenvalue weighted by Crippen LogP contribution is 2.29. The van der Waals surface area contributed by atoms with Crippen molar-refractivity contribution >= 4 is 28.9 Å². The van der Waals surface area contributed by atoms with E-state index in [1.54, 1.807) is 30.3 Å². The minimum absolute atomic E-state index is 0.151. The zero-order valence-electron chi connectivity index (χ0n) is 7.68. The van der Waals surface area contributed by atoms with E-state index in [4.69, 9.17) is 5.73 Å². The molecule has 1 aromatic rings. The van der Waals surface area contributed by atoms with E-state index in [1.807, 2.05) is 0 Å². The largest absolute Gasteiger partial charge is 0.507 e. The highest BCUT2D eigenvalue weighted by molar-refractivity contribution is 8.18. The monoisotopic (exact) mass is 220 g/mol. The van der Waals surface area contributed by atoms with Crippen LogP contribution in [0.4, 0.5) is 4.79 Å². The van der Waals surface area contributed by atoms with Crippen molar-refractivity contribution in [2.75, 3.05) is 0 Å². The van der Waals surface area contributed by atoms with Gasteiger partial charge in [-0.15, -0.1) is 0 Å². The smallest absolute Gasteiger partial charge is 0.311 e. The number of nitrogens with zero attached hydrogens (tertiary/aromatic N) is 1. The molecule has 0 saturated carbocycles. The van der Waals surface area contributed by atoms with Crippen molar-refractivity contribution in [3.05, 3.63) is 34.7 Å². The summed E-state index contributed by atoms with van der Waals surface area (Å²) in [5.74, 6) is 0.353. The number of hydrogen-bond acceptors (Lipinski definition) is 4. The maximum atomic E-state index is 10.9. The van der Waals surface area contributed by atoms with Gasteiger partial charge < -0.3 is 10.8 Å². The van der Waals surface area contributed by atoms with E-state index in [2.05, 4.69) is 4.99 Å². The highest BCUT2D eigenvalue weighted by Gasteiger charge is 2.18. The Balaban J connectivity index is 2.37. The van der Waals surface area contributed by atoms with Crippen molar-refractivity contribution in [3.63, 3.8) is 0 Å². The average Bonchev–Trinajstić information content (AvgIpc) is 2.49. The summed E-state index contributed by atoms with van der Waals surface area (Å²) in [5.41, 5.74) is 6.14. The average molecular weight is 220 g/mol. The summed E-state index contributed by atoms with van der Waals surface area (Å²) in [4.78, 5) is 15.1. The molecule has 0 spiro atoms. The van der Waals surface area contributed by atoms with Crippen molar-refractivity contribution < 1.29 is 9.90 Å². The van der Waals surface area contributed by atoms with E-state index in [0.29, 0.717) is 10.5 Å². The number of amidine groups is 1. The lowest BCUT2D eigenvalue weighted by atomic mass is 10.2. The van der Waals surface area contributed by atoms with Gasteiger partial charge in [0.15, 0.2) is 0 Å². The molecule has 3 N–H and O–H groups in total. The Morgan fingerprint density at radius 3 is 2.73 bits per heavy atom. The molecule has 76 valence electrons. The van der Waals surface area contributed by atoms with Gasteiger partial charge in [0.2, 0.25) is 0 Å². The van der Waals surface area contributed by atoms with Gasteiger partial charge >= 0.3 is 5.24 Å². The van der Waals surface area contributed by atoms with Crippen LogP contribution in [-0.2, 0) is 0 Å². The first-order valence-electron chi connectivity index (χ1n) is 4.23. The lowest BCUT2D eigenvalue weighted by molar-refractivity contribution is 0.268. The second-order valence-corrected chi connectivity index (χ2v) is 3.93. The van der Waals surface area contributed by atoms with Gasteiger partial charge in [-0.2, -0.15) is 4.99 Å². The molecule has 1 aromatic carbocycles. The third-order valence-electron chi connectivity index (χ3n) is 1.88. The van der Waals surface area contributed by atoms with Gasteiger partial charge in [-0.05, 0) is 23.9 Å². The first-order valence-corrected chi connectivity index (χ1v) is 5.04. The standard InChI is InChI=1S/C10H8N2O2S/c11-9-8(15-10(14)12-9)5-6-3-1-2-4-7(6)13/h1-5,13H,(H2,11,12,14). The Labute approximate surface area is 90.5 Å². The van der Waals surface area contributed by atoms with Crippen molar-refractivity contribution in [2.45, 2.75) is 0 Å². The van der Waals surface area contributed by atoms with Gasteiger partial charge in [-0.1, -0.05) is 18.2 Å². The molecule has 2 rings (SSSR count). The Morgan fingerprint density at radius 1 is 1.40 bits per heavy atom. The molecule has 15 heavy (non-hydrogen) atoms. The maximum Gasteiger partial charge on any atom is 0.311 e. The number of carbonyl (C=O) groups excluding carboxylic acids is 1. The summed E-state index contributed by atoms with van der Waals surface area (Å²) in [5, 5.41) is 9.18. The molecule has 0 fully saturated rings. The van der Waals surface area contributed by atoms with Crippen LogP contribution in [-0.4, -0.2) is 16.2 Å². The molecule has 1 amide bonds. The summed E-state index contributed by atoms with van der Waals surface area (Å²) in [7, 11) is 0. The summed E-state index contributed by atoms with van der Waals surface area (Å²) in [6.45, 7) is 0. The van der Waals surface area contributed by atoms with Gasteiger partial charge in [-0.3, -0.25) is 4.79 Å². The summed E-state index contributed by atoms with van der Waals surface area (Å²) in [6.07, 6.45) is 1.64. The molecule has 0 atom stereocenters. The zero-order chi connectivity index (χ0) is 10.8. The Morgan fingerprint density at radius 2 is 2.13 bits per heavy atom. The van der Waals surface area contributed by atoms with Crippen LogP contribution >= 0.6 is 11.8 Å². The number of para-hydroxylation sites is 1. The summed E-state index contributed by atoms with van der Waals surface area (Å²) in [6, 6.07) is 6.82. The lowest BCUT2D eigenvalue weighted by Gasteiger charge is -1.99. The Kier molecular flexibility index (Phi) is 2.47. The van der Waals surface area contributed by atoms with Crippen LogP contribution in [0.2, 0.25) is 0 Å². The quantitative estimate of drug-likeness (QED) is 0.758. The molecule has 1 heterocycles. The van der Waals surface area contributed by atoms with Crippen LogP contribution in [0.1, 0.15) is 5.56 Å². The number of phenols is 1. The van der Waals surface area contributed by atoms with Crippen molar-refractivity contribution in [2.24, 2.45) is 10.7 Å². The molecular formula is C10H8N2O2S. The third-order valence-corrected chi connectivity index (χ3v) is 2.70. The molecular weight excluding hydrogens is 212 g/mol. The van der Waals surface area contributed by atoms with Crippen molar-refractivity contribution in [1.82, 2.24) is 0 Å². The molecule has 0 bridgehead atoms. The minimum atomic E-state index is -0.325. The highest BCUT2D eigenvalue weighted by atomic mass is 32.2. The first kappa shape index (κ1) is 9.79. The van der Waals surface area contributed by atoms with E-state index in [1.165, 1.54) is 0 Å². The predicted molar refractivity (Wildman–Crippen MR) is 60.7 cm³/mol. The van der Waals surface area contributed by atoms with Gasteiger partial charge in [-0.25, -0.2) is 0 Å². The van der Waals surface area contributed by atoms with Gasteiger partial charge in [0.25, 0.3) is 0 Å². The Hall–Kier alpha value is -1.75. The number of amides is 1. The number of phenolic OH excluding ortho intramolecular Hbond substituents is 1. The zero-order valence-corrected chi connectivity index (χ0v) is 8.49. The molecule has 0 unspecified atom stereocenters. The number of aliphatic imine (C=N–C) groups is 1. The maximum absolute atomic E-state index is 10.9. The van der Waals surface area contributed by atoms with Crippen LogP contribution in [0.25, 0.3) is 6.08 Å². The molecule has 1 aliphatic heterocycles. The van der Waals surface area contributed by atoms with E-state index >= 15 is 0 Å². The van der Waals surface area contributed by atoms with Gasteiger partial charge in [0.05, 0.1) is 4.91 Å². The van der Waals surface area contributed by atoms with E-state index in [0.717, 1.165) is 11.8 Å². The van der Waals surface area contributed by atoms with Crippen LogP contribution in [0.5, 0.6) is 5.75 Å². The molecule has 0 saturated heterocycles. The van der Waals surface area contributed by atoms with Crippen LogP contribution in [0.15, 0.2) is 34.2 Å². The first-order chi connectivity index (χ1) is 7.16. The number of benzene rings is 1. The topological polar surface area (TPSA) is 75.7 Å². The van der Waals surface area contributed by atoms with Gasteiger partial charge in [0.1, 0.15) is 11.6 Å². The number of hydrogen-bond donors (Lipinski definition) is 2. The van der Waals surface area contributed by atoms with Crippen LogP contribution in [0.3, 0.4) is 0 Å². The number of carbonyl (C=O) groups is 1. The van der Waals surface area contributed by atoms with Crippen LogP contribution in [0, 0.1) is 0 Å². The molecule has 1 aliphatic rings. The normalized spacial score (nSPS) is 18.3. The minimum Gasteiger partial charge on any atom is -0.507 e. The molecule has 0 radical (unpaired) electrons. The van der Waals surface area contributed by atoms with Crippen molar-refractivity contribution in [3.8, 4) is 5.75 Å². The molecule has 0 aromatic heterocycles. The number of thioether (sulfide) groups is 1. The van der Waals surface area contributed by atoms with Crippen molar-refractivity contribution in [1.29, 1.82) is 0 Å². The van der Waals surface area contributed by atoms with Gasteiger partial charge in [0, 0.05) is 5.56 Å². The Bertz CT molecular complexity index is 480.